The number of nitrogens with zero attached hydrogens (tertiary/aromatic N) is 6. The van der Waals surface area contributed by atoms with Gasteiger partial charge in [-0.1, -0.05) is 287 Å². The Morgan fingerprint density at radius 3 is 1.06 bits per heavy atom. The molecule has 0 saturated heterocycles. The molecule has 0 radical (unpaired) electrons. The molecule has 17 aromatic carbocycles. The third kappa shape index (κ3) is 12.4. The van der Waals surface area contributed by atoms with E-state index in [9.17, 15) is 0 Å². The Morgan fingerprint density at radius 1 is 0.286 bits per heavy atom. The summed E-state index contributed by atoms with van der Waals surface area (Å²) in [6.45, 7) is 5.10. The van der Waals surface area contributed by atoms with Crippen LogP contribution in [0.3, 0.4) is 0 Å². The highest BCUT2D eigenvalue weighted by Gasteiger charge is 2.39. The van der Waals surface area contributed by atoms with Crippen LogP contribution in [0.5, 0.6) is 0 Å². The molecule has 4 unspecified atom stereocenters. The fourth-order valence-corrected chi connectivity index (χ4v) is 24.0. The second-order valence-corrected chi connectivity index (χ2v) is 38.1. The SMILES string of the molecule is CC1(C)CC(c2ccc(-c3ccc4c(c3)c3cc(C5=CCC(n6c7ccccc7c7ccccc76)C=C5)ccc3n4C3=CC=CCC3)cc2)CCC2=CC(c3ccc4c(c3)c3cc(-c5ccc(-n6c7ccccc7c7ccccc76)cc5)ccc3n4-c3ccccc3)C(c3ccc4c(c3)c3cc(-c5ccc(-n6c7ccccc7c7ccccc76)cc5)ccc3n4-c3ccccc3)C=C21. The first-order chi connectivity index (χ1) is 65.7. The van der Waals surface area contributed by atoms with Crippen LogP contribution in [0.4, 0.5) is 0 Å². The quantitative estimate of drug-likeness (QED) is 0.110. The lowest BCUT2D eigenvalue weighted by atomic mass is 9.68. The van der Waals surface area contributed by atoms with E-state index in [0.29, 0.717) is 5.92 Å². The van der Waals surface area contributed by atoms with Crippen LogP contribution in [0.2, 0.25) is 0 Å². The lowest BCUT2D eigenvalue weighted by Crippen LogP contribution is -2.22. The van der Waals surface area contributed by atoms with Crippen LogP contribution in [0, 0.1) is 5.41 Å². The minimum absolute atomic E-state index is 0.00481. The van der Waals surface area contributed by atoms with Crippen molar-refractivity contribution >= 4 is 142 Å². The van der Waals surface area contributed by atoms with Gasteiger partial charge < -0.3 is 27.4 Å². The summed E-state index contributed by atoms with van der Waals surface area (Å²) in [6, 6.07) is 147. The average Bonchev–Trinajstić information content (AvgIpc) is 1.59. The molecule has 133 heavy (non-hydrogen) atoms. The monoisotopic (exact) mass is 1700 g/mol. The molecule has 0 spiro atoms. The maximum absolute atomic E-state index is 2.76. The third-order valence-electron chi connectivity index (χ3n) is 30.3. The van der Waals surface area contributed by atoms with Crippen LogP contribution in [0.1, 0.15) is 98.4 Å². The molecule has 23 aromatic rings. The van der Waals surface area contributed by atoms with Gasteiger partial charge in [0.25, 0.3) is 0 Å². The van der Waals surface area contributed by atoms with Crippen molar-refractivity contribution in [3.63, 3.8) is 0 Å². The highest BCUT2D eigenvalue weighted by molar-refractivity contribution is 6.16. The predicted molar refractivity (Wildman–Crippen MR) is 561 cm³/mol. The molecule has 6 heterocycles. The van der Waals surface area contributed by atoms with Crippen molar-refractivity contribution in [3.8, 4) is 56.1 Å². The van der Waals surface area contributed by atoms with Crippen molar-refractivity contribution in [2.45, 2.75) is 76.2 Å². The molecule has 632 valence electrons. The van der Waals surface area contributed by atoms with Crippen LogP contribution in [-0.4, -0.2) is 27.4 Å². The number of aromatic nitrogens is 6. The van der Waals surface area contributed by atoms with Crippen molar-refractivity contribution in [3.05, 3.63) is 470 Å². The molecule has 27 rings (SSSR count). The molecule has 0 N–H and O–H groups in total. The topological polar surface area (TPSA) is 29.6 Å². The number of benzene rings is 17. The standard InChI is InChI=1S/C127H94N6/c1-127(2)80-93(85-44-42-81(43-45-85)86-54-66-121-108(72-86)109-73-87(55-67-122(109)128(121)94-24-6-3-7-25-94)82-48-60-97(61-49-82)131-115-36-18-12-30-100(115)101-31-13-19-37-116(101)131)47-46-92-78-106(90-58-70-125-112(76-90)110-74-88(56-68-123(110)129(125)95-26-8-4-9-27-95)83-50-62-98(63-51-83)132-117-38-20-14-32-102(117)103-33-15-21-39-118(103)132)107(79-114(92)127)91-59-71-126-113(77-91)111-75-89(57-69-124(111)130(126)96-28-10-5-11-29-96)84-52-64-99(65-53-84)133-119-40-22-16-34-104(119)105-35-17-23-41-120(105)133/h3-6,8-24,26-45,48-60,62-79,93,97,106-107H,7,25,46-47,61,80H2,1-2H3. The summed E-state index contributed by atoms with van der Waals surface area (Å²) in [5.74, 6) is 0.339. The Hall–Kier alpha value is -16.0. The Labute approximate surface area is 772 Å². The summed E-state index contributed by atoms with van der Waals surface area (Å²) in [6.07, 6.45) is 25.7. The molecule has 1 fully saturated rings. The second kappa shape index (κ2) is 30.6. The number of allylic oxidation sites excluding steroid dienone is 12. The average molecular weight is 1700 g/mol. The summed E-state index contributed by atoms with van der Waals surface area (Å²) in [7, 11) is 0. The van der Waals surface area contributed by atoms with Crippen LogP contribution < -0.4 is 0 Å². The van der Waals surface area contributed by atoms with Crippen molar-refractivity contribution in [1.29, 1.82) is 0 Å². The maximum Gasteiger partial charge on any atom is 0.0560 e. The van der Waals surface area contributed by atoms with Crippen LogP contribution in [0.25, 0.3) is 198 Å². The molecule has 1 saturated carbocycles. The molecule has 0 amide bonds. The van der Waals surface area contributed by atoms with Gasteiger partial charge in [0.1, 0.15) is 0 Å². The van der Waals surface area contributed by atoms with Crippen molar-refractivity contribution in [2.75, 3.05) is 0 Å². The highest BCUT2D eigenvalue weighted by atomic mass is 15.0. The zero-order valence-corrected chi connectivity index (χ0v) is 74.3. The first-order valence-electron chi connectivity index (χ1n) is 47.5. The van der Waals surface area contributed by atoms with E-state index in [1.165, 1.54) is 209 Å². The van der Waals surface area contributed by atoms with Crippen LogP contribution in [0.15, 0.2) is 448 Å². The van der Waals surface area contributed by atoms with Crippen LogP contribution >= 0.6 is 0 Å². The van der Waals surface area contributed by atoms with Gasteiger partial charge in [-0.05, 0) is 286 Å². The summed E-state index contributed by atoms with van der Waals surface area (Å²) in [5, 5.41) is 15.2. The lowest BCUT2D eigenvalue weighted by Gasteiger charge is -2.36. The fourth-order valence-electron chi connectivity index (χ4n) is 24.0. The molecule has 6 nitrogen and oxygen atoms in total. The smallest absolute Gasteiger partial charge is 0.0560 e. The van der Waals surface area contributed by atoms with Gasteiger partial charge in [0.15, 0.2) is 0 Å². The van der Waals surface area contributed by atoms with Crippen molar-refractivity contribution in [2.24, 2.45) is 5.41 Å². The van der Waals surface area contributed by atoms with E-state index in [2.05, 4.69) is 478 Å². The molecule has 0 aliphatic heterocycles. The number of hydrogen-bond acceptors (Lipinski definition) is 0. The van der Waals surface area contributed by atoms with E-state index < -0.39 is 0 Å². The molecular formula is C127H94N6. The van der Waals surface area contributed by atoms with Gasteiger partial charge >= 0.3 is 0 Å². The fraction of sp³-hybridized carbons (Fsp3) is 0.102. The van der Waals surface area contributed by atoms with Gasteiger partial charge in [-0.15, -0.1) is 0 Å². The maximum atomic E-state index is 2.76. The zero-order chi connectivity index (χ0) is 87.7. The van der Waals surface area contributed by atoms with Gasteiger partial charge in [0.2, 0.25) is 0 Å². The van der Waals surface area contributed by atoms with Crippen molar-refractivity contribution < 1.29 is 0 Å². The molecule has 4 atom stereocenters. The normalized spacial score (nSPS) is 16.9. The van der Waals surface area contributed by atoms with E-state index in [1.807, 2.05) is 0 Å². The highest BCUT2D eigenvalue weighted by Crippen LogP contribution is 2.55. The van der Waals surface area contributed by atoms with Gasteiger partial charge in [-0.25, -0.2) is 0 Å². The van der Waals surface area contributed by atoms with E-state index in [1.54, 1.807) is 0 Å². The number of para-hydroxylation sites is 8. The Kier molecular flexibility index (Phi) is 17.7. The Morgan fingerprint density at radius 2 is 0.632 bits per heavy atom. The van der Waals surface area contributed by atoms with E-state index in [-0.39, 0.29) is 23.3 Å². The lowest BCUT2D eigenvalue weighted by molar-refractivity contribution is 0.375. The first kappa shape index (κ1) is 77.0. The summed E-state index contributed by atoms with van der Waals surface area (Å²) in [4.78, 5) is 0. The second-order valence-electron chi connectivity index (χ2n) is 38.1. The predicted octanol–water partition coefficient (Wildman–Crippen LogP) is 33.8. The summed E-state index contributed by atoms with van der Waals surface area (Å²) >= 11 is 0. The molecule has 6 heteroatoms. The van der Waals surface area contributed by atoms with Gasteiger partial charge in [0.05, 0.1) is 61.2 Å². The molecule has 6 aromatic heterocycles. The van der Waals surface area contributed by atoms with E-state index in [0.717, 1.165) is 61.3 Å². The Bertz CT molecular complexity index is 8800. The molecular weight excluding hydrogens is 1610 g/mol. The molecule has 0 bridgehead atoms. The van der Waals surface area contributed by atoms with E-state index >= 15 is 0 Å². The number of fused-ring (bicyclic) bond motifs is 19. The van der Waals surface area contributed by atoms with Gasteiger partial charge in [-0.3, -0.25) is 0 Å². The first-order valence-corrected chi connectivity index (χ1v) is 47.5. The van der Waals surface area contributed by atoms with Crippen molar-refractivity contribution in [1.82, 2.24) is 27.4 Å². The third-order valence-corrected chi connectivity index (χ3v) is 30.3. The Balaban J connectivity index is 0.564. The minimum Gasteiger partial charge on any atom is -0.333 e. The van der Waals surface area contributed by atoms with E-state index in [4.69, 9.17) is 0 Å². The zero-order valence-electron chi connectivity index (χ0n) is 74.3. The summed E-state index contributed by atoms with van der Waals surface area (Å²) < 4.78 is 14.9. The van der Waals surface area contributed by atoms with Crippen LogP contribution in [-0.2, 0) is 0 Å². The molecule has 4 aliphatic carbocycles. The van der Waals surface area contributed by atoms with Gasteiger partial charge in [0, 0.05) is 116 Å². The number of hydrogen-bond donors (Lipinski definition) is 0. The molecule has 4 aliphatic rings. The summed E-state index contributed by atoms with van der Waals surface area (Å²) in [5.41, 5.74) is 37.2. The largest absolute Gasteiger partial charge is 0.333 e. The minimum atomic E-state index is -0.168. The van der Waals surface area contributed by atoms with Gasteiger partial charge in [-0.2, -0.15) is 0 Å². The number of rotatable bonds is 13.